The van der Waals surface area contributed by atoms with Crippen molar-refractivity contribution >= 4 is 27.6 Å². The Labute approximate surface area is 226 Å². The van der Waals surface area contributed by atoms with Crippen LogP contribution in [0.2, 0.25) is 5.02 Å². The van der Waals surface area contributed by atoms with Crippen molar-refractivity contribution in [3.63, 3.8) is 0 Å². The second kappa shape index (κ2) is 11.8. The topological polar surface area (TPSA) is 140 Å². The molecule has 0 spiro atoms. The lowest BCUT2D eigenvalue weighted by molar-refractivity contribution is 0.00154. The quantitative estimate of drug-likeness (QED) is 0.366. The first-order valence-corrected chi connectivity index (χ1v) is 14.0. The monoisotopic (exact) mass is 566 g/mol. The van der Waals surface area contributed by atoms with Gasteiger partial charge in [0.2, 0.25) is 16.0 Å². The fraction of sp³-hybridized carbons (Fsp3) is 0.500. The Morgan fingerprint density at radius 1 is 1.11 bits per heavy atom. The summed E-state index contributed by atoms with van der Waals surface area (Å²) in [5.41, 5.74) is 0.464. The van der Waals surface area contributed by atoms with Crippen molar-refractivity contribution in [2.45, 2.75) is 50.6 Å². The van der Waals surface area contributed by atoms with Crippen molar-refractivity contribution in [2.24, 2.45) is 0 Å². The number of hydrogen-bond donors (Lipinski definition) is 1. The largest absolute Gasteiger partial charge is 0.494 e. The maximum Gasteiger partial charge on any atom is 0.243 e. The van der Waals surface area contributed by atoms with Crippen LogP contribution in [0.1, 0.15) is 50.9 Å². The predicted octanol–water partition coefficient (Wildman–Crippen LogP) is 3.53. The SMILES string of the molecule is COc1cccc(OC)c1-n1c(NS(=O)(=O)C(C)C(OC(C)C)c2ncc(Cl)cn2)nnc1[C@H]1CCOC1. The van der Waals surface area contributed by atoms with Crippen LogP contribution in [0.4, 0.5) is 5.95 Å². The molecule has 0 amide bonds. The summed E-state index contributed by atoms with van der Waals surface area (Å²) in [5, 5.41) is 7.79. The van der Waals surface area contributed by atoms with E-state index in [9.17, 15) is 8.42 Å². The normalized spacial score (nSPS) is 17.4. The zero-order valence-corrected chi connectivity index (χ0v) is 23.4. The van der Waals surface area contributed by atoms with Crippen LogP contribution in [0, 0.1) is 0 Å². The first kappa shape index (κ1) is 28.0. The Balaban J connectivity index is 1.78. The highest BCUT2D eigenvalue weighted by Crippen LogP contribution is 2.38. The smallest absolute Gasteiger partial charge is 0.243 e. The summed E-state index contributed by atoms with van der Waals surface area (Å²) in [5.74, 6) is 1.49. The molecular formula is C24H31ClN6O6S. The molecule has 4 rings (SSSR count). The minimum atomic E-state index is -4.12. The van der Waals surface area contributed by atoms with Gasteiger partial charge >= 0.3 is 0 Å². The molecule has 38 heavy (non-hydrogen) atoms. The van der Waals surface area contributed by atoms with Crippen molar-refractivity contribution in [1.82, 2.24) is 24.7 Å². The summed E-state index contributed by atoms with van der Waals surface area (Å²) in [7, 11) is -1.08. The molecule has 1 aliphatic heterocycles. The molecule has 206 valence electrons. The molecule has 3 aromatic rings. The van der Waals surface area contributed by atoms with E-state index >= 15 is 0 Å². The van der Waals surface area contributed by atoms with E-state index in [4.69, 9.17) is 30.5 Å². The summed E-state index contributed by atoms with van der Waals surface area (Å²) >= 11 is 5.94. The zero-order valence-electron chi connectivity index (χ0n) is 21.8. The number of methoxy groups -OCH3 is 2. The molecule has 2 unspecified atom stereocenters. The fourth-order valence-corrected chi connectivity index (χ4v) is 5.35. The number of rotatable bonds is 11. The highest BCUT2D eigenvalue weighted by Gasteiger charge is 2.37. The van der Waals surface area contributed by atoms with Crippen LogP contribution >= 0.6 is 11.6 Å². The van der Waals surface area contributed by atoms with Crippen LogP contribution in [0.3, 0.4) is 0 Å². The molecule has 0 bridgehead atoms. The number of sulfonamides is 1. The van der Waals surface area contributed by atoms with E-state index in [1.54, 1.807) is 36.6 Å². The van der Waals surface area contributed by atoms with Gasteiger partial charge in [-0.1, -0.05) is 17.7 Å². The van der Waals surface area contributed by atoms with E-state index < -0.39 is 21.4 Å². The number of hydrogen-bond acceptors (Lipinski definition) is 10. The molecule has 0 radical (unpaired) electrons. The summed E-state index contributed by atoms with van der Waals surface area (Å²) < 4.78 is 54.4. The summed E-state index contributed by atoms with van der Waals surface area (Å²) in [4.78, 5) is 8.40. The lowest BCUT2D eigenvalue weighted by Gasteiger charge is -2.25. The van der Waals surface area contributed by atoms with Crippen LogP contribution in [-0.2, 0) is 19.5 Å². The predicted molar refractivity (Wildman–Crippen MR) is 141 cm³/mol. The molecule has 1 aliphatic rings. The maximum absolute atomic E-state index is 13.7. The Morgan fingerprint density at radius 3 is 2.32 bits per heavy atom. The van der Waals surface area contributed by atoms with Gasteiger partial charge in [-0.15, -0.1) is 10.2 Å². The Kier molecular flexibility index (Phi) is 8.71. The first-order valence-electron chi connectivity index (χ1n) is 12.0. The highest BCUT2D eigenvalue weighted by molar-refractivity contribution is 7.93. The third kappa shape index (κ3) is 5.85. The zero-order chi connectivity index (χ0) is 27.4. The molecule has 1 aromatic carbocycles. The molecule has 12 nitrogen and oxygen atoms in total. The standard InChI is InChI=1S/C24H31ClN6O6S/c1-14(2)37-21(22-26-11-17(25)12-27-22)15(3)38(32,33)30-24-29-28-23(16-9-10-36-13-16)31(24)20-18(34-4)7-6-8-19(20)35-5/h6-8,11-12,14-16,21H,9-10,13H2,1-5H3,(H,29,30)/t15?,16-,21?/m0/s1. The lowest BCUT2D eigenvalue weighted by Crippen LogP contribution is -2.35. The minimum absolute atomic E-state index is 0.0260. The molecule has 1 N–H and O–H groups in total. The molecule has 0 saturated carbocycles. The highest BCUT2D eigenvalue weighted by atomic mass is 35.5. The minimum Gasteiger partial charge on any atom is -0.494 e. The number of halogens is 1. The van der Waals surface area contributed by atoms with Crippen LogP contribution in [0.5, 0.6) is 11.5 Å². The third-order valence-electron chi connectivity index (χ3n) is 6.07. The van der Waals surface area contributed by atoms with Gasteiger partial charge in [-0.25, -0.2) is 18.4 Å². The first-order chi connectivity index (χ1) is 18.2. The number of para-hydroxylation sites is 1. The van der Waals surface area contributed by atoms with E-state index in [2.05, 4.69) is 24.9 Å². The second-order valence-electron chi connectivity index (χ2n) is 9.01. The number of nitrogens with one attached hydrogen (secondary N) is 1. The molecular weight excluding hydrogens is 536 g/mol. The van der Waals surface area contributed by atoms with Gasteiger partial charge in [-0.3, -0.25) is 9.29 Å². The third-order valence-corrected chi connectivity index (χ3v) is 7.96. The van der Waals surface area contributed by atoms with Crippen molar-refractivity contribution in [1.29, 1.82) is 0 Å². The molecule has 1 fully saturated rings. The number of nitrogens with zero attached hydrogens (tertiary/aromatic N) is 5. The van der Waals surface area contributed by atoms with Gasteiger partial charge < -0.3 is 18.9 Å². The van der Waals surface area contributed by atoms with Gasteiger partial charge in [0.1, 0.15) is 34.4 Å². The Morgan fingerprint density at radius 2 is 1.76 bits per heavy atom. The van der Waals surface area contributed by atoms with Gasteiger partial charge in [0.05, 0.1) is 32.0 Å². The van der Waals surface area contributed by atoms with Gasteiger partial charge in [0.15, 0.2) is 5.82 Å². The average molecular weight is 567 g/mol. The molecule has 14 heteroatoms. The molecule has 0 aliphatic carbocycles. The second-order valence-corrected chi connectivity index (χ2v) is 11.5. The van der Waals surface area contributed by atoms with Gasteiger partial charge in [-0.2, -0.15) is 0 Å². The summed E-state index contributed by atoms with van der Waals surface area (Å²) in [6, 6.07) is 5.27. The number of anilines is 1. The number of benzene rings is 1. The lowest BCUT2D eigenvalue weighted by atomic mass is 10.1. The van der Waals surface area contributed by atoms with Crippen LogP contribution in [0.25, 0.3) is 5.69 Å². The van der Waals surface area contributed by atoms with E-state index in [-0.39, 0.29) is 23.8 Å². The Bertz CT molecular complexity index is 1320. The Hall–Kier alpha value is -3.00. The van der Waals surface area contributed by atoms with Crippen molar-refractivity contribution in [3.05, 3.63) is 47.3 Å². The van der Waals surface area contributed by atoms with Crippen LogP contribution in [-0.4, -0.2) is 71.9 Å². The summed E-state index contributed by atoms with van der Waals surface area (Å²) in [6.45, 7) is 6.11. The van der Waals surface area contributed by atoms with E-state index in [0.717, 1.165) is 0 Å². The van der Waals surface area contributed by atoms with Crippen LogP contribution in [0.15, 0.2) is 30.6 Å². The maximum atomic E-state index is 13.7. The van der Waals surface area contributed by atoms with Crippen LogP contribution < -0.4 is 14.2 Å². The van der Waals surface area contributed by atoms with Gasteiger partial charge in [0.25, 0.3) is 0 Å². The molecule has 3 atom stereocenters. The number of ether oxygens (including phenoxy) is 4. The van der Waals surface area contributed by atoms with E-state index in [1.165, 1.54) is 33.5 Å². The van der Waals surface area contributed by atoms with Crippen molar-refractivity contribution in [2.75, 3.05) is 32.2 Å². The van der Waals surface area contributed by atoms with E-state index in [0.29, 0.717) is 47.7 Å². The average Bonchev–Trinajstić information content (AvgIpc) is 3.56. The molecule has 3 heterocycles. The van der Waals surface area contributed by atoms with Crippen molar-refractivity contribution in [3.8, 4) is 17.2 Å². The van der Waals surface area contributed by atoms with Gasteiger partial charge in [-0.05, 0) is 39.3 Å². The van der Waals surface area contributed by atoms with E-state index in [1.807, 2.05) is 0 Å². The number of aromatic nitrogens is 5. The molecule has 2 aromatic heterocycles. The fourth-order valence-electron chi connectivity index (χ4n) is 4.16. The summed E-state index contributed by atoms with van der Waals surface area (Å²) in [6.07, 6.45) is 2.22. The molecule has 1 saturated heterocycles. The van der Waals surface area contributed by atoms with Gasteiger partial charge in [0, 0.05) is 24.9 Å². The van der Waals surface area contributed by atoms with Crippen molar-refractivity contribution < 1.29 is 27.4 Å².